The Kier molecular flexibility index (Phi) is 6.84. The van der Waals surface area contributed by atoms with Crippen LogP contribution in [0, 0.1) is 5.92 Å². The van der Waals surface area contributed by atoms with E-state index in [0.717, 1.165) is 38.0 Å². The van der Waals surface area contributed by atoms with E-state index >= 15 is 0 Å². The highest BCUT2D eigenvalue weighted by Gasteiger charge is 2.20. The van der Waals surface area contributed by atoms with Gasteiger partial charge >= 0.3 is 12.0 Å². The van der Waals surface area contributed by atoms with Crippen LogP contribution < -0.4 is 10.6 Å². The minimum atomic E-state index is -0.951. The van der Waals surface area contributed by atoms with Gasteiger partial charge in [0, 0.05) is 31.1 Å². The fourth-order valence-electron chi connectivity index (χ4n) is 3.33. The molecular formula is C20H25N3O3S. The molecule has 1 saturated heterocycles. The highest BCUT2D eigenvalue weighted by molar-refractivity contribution is 7.09. The summed E-state index contributed by atoms with van der Waals surface area (Å²) in [6.07, 6.45) is 2.30. The number of nitrogens with one attached hydrogen (secondary N) is 2. The molecule has 1 aliphatic heterocycles. The van der Waals surface area contributed by atoms with Crippen molar-refractivity contribution in [3.8, 4) is 0 Å². The largest absolute Gasteiger partial charge is 0.478 e. The summed E-state index contributed by atoms with van der Waals surface area (Å²) in [7, 11) is 0. The van der Waals surface area contributed by atoms with E-state index in [9.17, 15) is 9.59 Å². The molecule has 1 aromatic heterocycles. The van der Waals surface area contributed by atoms with Gasteiger partial charge in [0.2, 0.25) is 0 Å². The molecular weight excluding hydrogens is 362 g/mol. The zero-order valence-corrected chi connectivity index (χ0v) is 16.0. The Bertz CT molecular complexity index is 746. The molecule has 6 nitrogen and oxygen atoms in total. The molecule has 2 aromatic rings. The number of carboxylic acid groups (broad SMARTS) is 1. The van der Waals surface area contributed by atoms with Crippen LogP contribution in [0.5, 0.6) is 0 Å². The molecule has 0 spiro atoms. The van der Waals surface area contributed by atoms with Crippen LogP contribution in [0.25, 0.3) is 0 Å². The second-order valence-electron chi connectivity index (χ2n) is 6.89. The second kappa shape index (κ2) is 9.53. The van der Waals surface area contributed by atoms with Crippen molar-refractivity contribution in [2.75, 3.05) is 19.6 Å². The number of carbonyl (C=O) groups is 2. The van der Waals surface area contributed by atoms with Gasteiger partial charge in [0.25, 0.3) is 0 Å². The highest BCUT2D eigenvalue weighted by atomic mass is 32.1. The monoisotopic (exact) mass is 387 g/mol. The molecule has 3 rings (SSSR count). The number of hydrogen-bond acceptors (Lipinski definition) is 4. The predicted octanol–water partition coefficient (Wildman–Crippen LogP) is 3.16. The number of carbonyl (C=O) groups excluding carboxylic acids is 1. The number of nitrogens with zero attached hydrogens (tertiary/aromatic N) is 1. The van der Waals surface area contributed by atoms with E-state index in [4.69, 9.17) is 5.11 Å². The van der Waals surface area contributed by atoms with Gasteiger partial charge in [-0.05, 0) is 54.4 Å². The second-order valence-corrected chi connectivity index (χ2v) is 7.92. The number of piperidine rings is 1. The predicted molar refractivity (Wildman–Crippen MR) is 106 cm³/mol. The van der Waals surface area contributed by atoms with Gasteiger partial charge in [0.15, 0.2) is 0 Å². The summed E-state index contributed by atoms with van der Waals surface area (Å²) in [5.41, 5.74) is 1.11. The number of amides is 2. The van der Waals surface area contributed by atoms with Gasteiger partial charge < -0.3 is 15.7 Å². The molecule has 0 bridgehead atoms. The van der Waals surface area contributed by atoms with Crippen LogP contribution in [0.2, 0.25) is 0 Å². The van der Waals surface area contributed by atoms with Crippen LogP contribution >= 0.6 is 11.3 Å². The van der Waals surface area contributed by atoms with E-state index in [1.54, 1.807) is 35.6 Å². The van der Waals surface area contributed by atoms with Crippen molar-refractivity contribution in [2.45, 2.75) is 25.9 Å². The van der Waals surface area contributed by atoms with Crippen molar-refractivity contribution in [1.29, 1.82) is 0 Å². The molecule has 2 amide bonds. The third-order valence-electron chi connectivity index (χ3n) is 4.77. The Morgan fingerprint density at radius 1 is 1.19 bits per heavy atom. The Morgan fingerprint density at radius 2 is 2.00 bits per heavy atom. The highest BCUT2D eigenvalue weighted by Crippen LogP contribution is 2.19. The Morgan fingerprint density at radius 3 is 2.70 bits per heavy atom. The first-order chi connectivity index (χ1) is 13.1. The Balaban J connectivity index is 1.37. The lowest BCUT2D eigenvalue weighted by Crippen LogP contribution is -2.43. The van der Waals surface area contributed by atoms with Crippen molar-refractivity contribution in [3.63, 3.8) is 0 Å². The van der Waals surface area contributed by atoms with Gasteiger partial charge in [-0.25, -0.2) is 9.59 Å². The van der Waals surface area contributed by atoms with Crippen molar-refractivity contribution in [3.05, 3.63) is 57.8 Å². The number of hydrogen-bond donors (Lipinski definition) is 3. The fourth-order valence-corrected chi connectivity index (χ4v) is 4.08. The molecule has 3 N–H and O–H groups in total. The van der Waals surface area contributed by atoms with E-state index in [2.05, 4.69) is 33.0 Å². The number of thiophene rings is 1. The number of rotatable bonds is 7. The lowest BCUT2D eigenvalue weighted by atomic mass is 9.98. The van der Waals surface area contributed by atoms with Crippen LogP contribution in [0.1, 0.15) is 33.6 Å². The molecule has 0 radical (unpaired) electrons. The summed E-state index contributed by atoms with van der Waals surface area (Å²) in [6, 6.07) is 10.6. The van der Waals surface area contributed by atoms with E-state index in [1.807, 2.05) is 0 Å². The molecule has 7 heteroatoms. The van der Waals surface area contributed by atoms with Gasteiger partial charge in [0.1, 0.15) is 0 Å². The molecule has 1 atom stereocenters. The lowest BCUT2D eigenvalue weighted by Gasteiger charge is -2.32. The maximum Gasteiger partial charge on any atom is 0.335 e. The quantitative estimate of drug-likeness (QED) is 0.682. The van der Waals surface area contributed by atoms with Gasteiger partial charge in [-0.2, -0.15) is 0 Å². The molecule has 0 aliphatic carbocycles. The summed E-state index contributed by atoms with van der Waals surface area (Å²) in [4.78, 5) is 26.7. The Hall–Kier alpha value is -2.38. The van der Waals surface area contributed by atoms with Crippen LogP contribution in [-0.2, 0) is 13.1 Å². The van der Waals surface area contributed by atoms with Crippen LogP contribution in [0.15, 0.2) is 41.8 Å². The number of likely N-dealkylation sites (tertiary alicyclic amines) is 1. The van der Waals surface area contributed by atoms with E-state index in [1.165, 1.54) is 4.88 Å². The first-order valence-corrected chi connectivity index (χ1v) is 10.1. The minimum Gasteiger partial charge on any atom is -0.478 e. The van der Waals surface area contributed by atoms with Gasteiger partial charge in [0.05, 0.1) is 5.56 Å². The normalized spacial score (nSPS) is 17.4. The summed E-state index contributed by atoms with van der Waals surface area (Å²) < 4.78 is 0. The maximum atomic E-state index is 12.0. The van der Waals surface area contributed by atoms with E-state index < -0.39 is 5.97 Å². The SMILES string of the molecule is O=C(NCc1ccc(C(=O)O)cc1)NCC1CCCN(Cc2cccs2)C1. The van der Waals surface area contributed by atoms with Crippen molar-refractivity contribution in [1.82, 2.24) is 15.5 Å². The third kappa shape index (κ3) is 6.08. The standard InChI is InChI=1S/C20H25N3O3S/c24-19(25)17-7-5-15(6-8-17)11-21-20(26)22-12-16-3-1-9-23(13-16)14-18-4-2-10-27-18/h2,4-8,10,16H,1,3,9,11-14H2,(H,24,25)(H2,21,22,26). The number of carboxylic acids is 1. The van der Waals surface area contributed by atoms with Crippen LogP contribution in [-0.4, -0.2) is 41.6 Å². The van der Waals surface area contributed by atoms with E-state index in [-0.39, 0.29) is 11.6 Å². The summed E-state index contributed by atoms with van der Waals surface area (Å²) in [5.74, 6) is -0.479. The van der Waals surface area contributed by atoms with Gasteiger partial charge in [-0.15, -0.1) is 11.3 Å². The first-order valence-electron chi connectivity index (χ1n) is 9.19. The summed E-state index contributed by atoms with van der Waals surface area (Å²) in [6.45, 7) is 4.17. The summed E-state index contributed by atoms with van der Waals surface area (Å²) >= 11 is 1.79. The Labute approximate surface area is 163 Å². The van der Waals surface area contributed by atoms with Gasteiger partial charge in [-0.1, -0.05) is 18.2 Å². The molecule has 1 fully saturated rings. The van der Waals surface area contributed by atoms with E-state index in [0.29, 0.717) is 19.0 Å². The molecule has 1 aliphatic rings. The molecule has 27 heavy (non-hydrogen) atoms. The minimum absolute atomic E-state index is 0.187. The average Bonchev–Trinajstić information content (AvgIpc) is 3.18. The number of aromatic carboxylic acids is 1. The van der Waals surface area contributed by atoms with Crippen molar-refractivity contribution >= 4 is 23.3 Å². The molecule has 0 saturated carbocycles. The topological polar surface area (TPSA) is 81.7 Å². The average molecular weight is 388 g/mol. The smallest absolute Gasteiger partial charge is 0.335 e. The van der Waals surface area contributed by atoms with Gasteiger partial charge in [-0.3, -0.25) is 4.90 Å². The molecule has 144 valence electrons. The molecule has 1 unspecified atom stereocenters. The van der Waals surface area contributed by atoms with Crippen molar-refractivity contribution in [2.24, 2.45) is 5.92 Å². The fraction of sp³-hybridized carbons (Fsp3) is 0.400. The number of benzene rings is 1. The zero-order chi connectivity index (χ0) is 19.1. The molecule has 1 aromatic carbocycles. The zero-order valence-electron chi connectivity index (χ0n) is 15.2. The third-order valence-corrected chi connectivity index (χ3v) is 5.63. The number of urea groups is 1. The lowest BCUT2D eigenvalue weighted by molar-refractivity contribution is 0.0697. The van der Waals surface area contributed by atoms with Crippen molar-refractivity contribution < 1.29 is 14.7 Å². The van der Waals surface area contributed by atoms with Crippen LogP contribution in [0.3, 0.4) is 0 Å². The molecule has 2 heterocycles. The maximum absolute atomic E-state index is 12.0. The first kappa shape index (κ1) is 19.4. The van der Waals surface area contributed by atoms with Crippen LogP contribution in [0.4, 0.5) is 4.79 Å². The summed E-state index contributed by atoms with van der Waals surface area (Å²) in [5, 5.41) is 16.8.